The van der Waals surface area contributed by atoms with E-state index < -0.39 is 6.36 Å². The number of alkyl halides is 3. The van der Waals surface area contributed by atoms with Crippen molar-refractivity contribution in [1.82, 2.24) is 0 Å². The molecule has 0 aliphatic heterocycles. The largest absolute Gasteiger partial charge is 0.573 e. The van der Waals surface area contributed by atoms with Gasteiger partial charge in [-0.2, -0.15) is 0 Å². The maximum Gasteiger partial charge on any atom is 0.573 e. The van der Waals surface area contributed by atoms with Gasteiger partial charge in [0.25, 0.3) is 0 Å². The molecule has 112 valence electrons. The van der Waals surface area contributed by atoms with Crippen LogP contribution >= 0.6 is 0 Å². The molecule has 1 unspecified atom stereocenters. The SMILES string of the molecule is CC(CCCN)C(=O)Nc1cccc(OC(F)(F)F)c1. The number of hydrogen-bond donors (Lipinski definition) is 2. The van der Waals surface area contributed by atoms with Crippen LogP contribution in [0.15, 0.2) is 24.3 Å². The highest BCUT2D eigenvalue weighted by molar-refractivity contribution is 5.92. The van der Waals surface area contributed by atoms with Gasteiger partial charge in [0.2, 0.25) is 5.91 Å². The summed E-state index contributed by atoms with van der Waals surface area (Å²) in [7, 11) is 0. The van der Waals surface area contributed by atoms with Gasteiger partial charge < -0.3 is 15.8 Å². The number of halogens is 3. The fourth-order valence-electron chi connectivity index (χ4n) is 1.59. The van der Waals surface area contributed by atoms with Gasteiger partial charge >= 0.3 is 6.36 Å². The lowest BCUT2D eigenvalue weighted by Gasteiger charge is -2.13. The predicted molar refractivity (Wildman–Crippen MR) is 69.2 cm³/mol. The van der Waals surface area contributed by atoms with Crippen molar-refractivity contribution in [3.05, 3.63) is 24.3 Å². The van der Waals surface area contributed by atoms with Crippen LogP contribution in [0, 0.1) is 5.92 Å². The monoisotopic (exact) mass is 290 g/mol. The molecule has 0 aliphatic rings. The molecule has 0 saturated heterocycles. The van der Waals surface area contributed by atoms with Crippen molar-refractivity contribution < 1.29 is 22.7 Å². The number of anilines is 1. The highest BCUT2D eigenvalue weighted by Gasteiger charge is 2.31. The van der Waals surface area contributed by atoms with Crippen molar-refractivity contribution in [2.24, 2.45) is 11.7 Å². The van der Waals surface area contributed by atoms with Gasteiger partial charge in [0.15, 0.2) is 0 Å². The summed E-state index contributed by atoms with van der Waals surface area (Å²) in [6, 6.07) is 5.17. The third-order valence-corrected chi connectivity index (χ3v) is 2.62. The highest BCUT2D eigenvalue weighted by atomic mass is 19.4. The average Bonchev–Trinajstić information content (AvgIpc) is 2.34. The van der Waals surface area contributed by atoms with Crippen molar-refractivity contribution in [2.45, 2.75) is 26.1 Å². The Morgan fingerprint density at radius 1 is 1.45 bits per heavy atom. The first kappa shape index (κ1) is 16.3. The number of ether oxygens (including phenoxy) is 1. The highest BCUT2D eigenvalue weighted by Crippen LogP contribution is 2.25. The van der Waals surface area contributed by atoms with Crippen molar-refractivity contribution >= 4 is 11.6 Å². The molecule has 0 spiro atoms. The maximum absolute atomic E-state index is 12.1. The molecule has 1 amide bonds. The van der Waals surface area contributed by atoms with E-state index in [0.29, 0.717) is 19.4 Å². The molecule has 1 aromatic carbocycles. The number of carbonyl (C=O) groups excluding carboxylic acids is 1. The number of hydrogen-bond acceptors (Lipinski definition) is 3. The van der Waals surface area contributed by atoms with Gasteiger partial charge in [-0.25, -0.2) is 0 Å². The van der Waals surface area contributed by atoms with Gasteiger partial charge in [-0.05, 0) is 31.5 Å². The van der Waals surface area contributed by atoms with Crippen LogP contribution < -0.4 is 15.8 Å². The summed E-state index contributed by atoms with van der Waals surface area (Å²) >= 11 is 0. The van der Waals surface area contributed by atoms with E-state index >= 15 is 0 Å². The Bertz CT molecular complexity index is 449. The first-order chi connectivity index (χ1) is 9.31. The Labute approximate surface area is 115 Å². The van der Waals surface area contributed by atoms with Crippen LogP contribution in [0.4, 0.5) is 18.9 Å². The van der Waals surface area contributed by atoms with Crippen molar-refractivity contribution in [2.75, 3.05) is 11.9 Å². The normalized spacial score (nSPS) is 12.8. The summed E-state index contributed by atoms with van der Waals surface area (Å²) in [5, 5.41) is 2.55. The number of nitrogens with two attached hydrogens (primary N) is 1. The van der Waals surface area contributed by atoms with Crippen LogP contribution in [0.3, 0.4) is 0 Å². The molecule has 1 aromatic rings. The molecule has 0 fully saturated rings. The Balaban J connectivity index is 2.64. The van der Waals surface area contributed by atoms with Crippen molar-refractivity contribution in [1.29, 1.82) is 0 Å². The summed E-state index contributed by atoms with van der Waals surface area (Å²) in [6.45, 7) is 2.23. The first-order valence-corrected chi connectivity index (χ1v) is 6.18. The second-order valence-electron chi connectivity index (χ2n) is 4.40. The Hall–Kier alpha value is -1.76. The molecule has 7 heteroatoms. The predicted octanol–water partition coefficient (Wildman–Crippen LogP) is 2.90. The minimum absolute atomic E-state index is 0.259. The number of rotatable bonds is 6. The van der Waals surface area contributed by atoms with Crippen LogP contribution in [0.1, 0.15) is 19.8 Å². The van der Waals surface area contributed by atoms with Gasteiger partial charge in [0.05, 0.1) is 0 Å². The van der Waals surface area contributed by atoms with Crippen LogP contribution in [0.2, 0.25) is 0 Å². The van der Waals surface area contributed by atoms with Crippen molar-refractivity contribution in [3.63, 3.8) is 0 Å². The van der Waals surface area contributed by atoms with Gasteiger partial charge in [-0.1, -0.05) is 13.0 Å². The third kappa shape index (κ3) is 5.92. The van der Waals surface area contributed by atoms with E-state index in [-0.39, 0.29) is 23.3 Å². The minimum Gasteiger partial charge on any atom is -0.406 e. The maximum atomic E-state index is 12.1. The second kappa shape index (κ2) is 7.14. The number of benzene rings is 1. The van der Waals surface area contributed by atoms with E-state index in [2.05, 4.69) is 10.1 Å². The molecular weight excluding hydrogens is 273 g/mol. The molecule has 0 aromatic heterocycles. The first-order valence-electron chi connectivity index (χ1n) is 6.18. The molecular formula is C13H17F3N2O2. The second-order valence-corrected chi connectivity index (χ2v) is 4.40. The lowest BCUT2D eigenvalue weighted by molar-refractivity contribution is -0.274. The van der Waals surface area contributed by atoms with E-state index in [1.807, 2.05) is 0 Å². The average molecular weight is 290 g/mol. The van der Waals surface area contributed by atoms with Crippen LogP contribution in [0.5, 0.6) is 5.75 Å². The number of amides is 1. The van der Waals surface area contributed by atoms with E-state index in [9.17, 15) is 18.0 Å². The zero-order valence-corrected chi connectivity index (χ0v) is 11.0. The molecule has 0 saturated carbocycles. The Kier molecular flexibility index (Phi) is 5.82. The summed E-state index contributed by atoms with van der Waals surface area (Å²) < 4.78 is 40.0. The molecule has 20 heavy (non-hydrogen) atoms. The lowest BCUT2D eigenvalue weighted by atomic mass is 10.0. The standard InChI is InChI=1S/C13H17F3N2O2/c1-9(4-3-7-17)12(19)18-10-5-2-6-11(8-10)20-13(14,15)16/h2,5-6,8-9H,3-4,7,17H2,1H3,(H,18,19). The summed E-state index contributed by atoms with van der Waals surface area (Å²) in [6.07, 6.45) is -3.41. The zero-order chi connectivity index (χ0) is 15.2. The molecule has 1 rings (SSSR count). The van der Waals surface area contributed by atoms with E-state index in [1.165, 1.54) is 18.2 Å². The summed E-state index contributed by atoms with van der Waals surface area (Å²) in [5.74, 6) is -0.890. The smallest absolute Gasteiger partial charge is 0.406 e. The number of nitrogens with one attached hydrogen (secondary N) is 1. The summed E-state index contributed by atoms with van der Waals surface area (Å²) in [5.41, 5.74) is 5.61. The number of carbonyl (C=O) groups is 1. The van der Waals surface area contributed by atoms with Gasteiger partial charge in [-0.15, -0.1) is 13.2 Å². The molecule has 0 aliphatic carbocycles. The molecule has 0 bridgehead atoms. The van der Waals surface area contributed by atoms with Crippen molar-refractivity contribution in [3.8, 4) is 5.75 Å². The topological polar surface area (TPSA) is 64.4 Å². The Morgan fingerprint density at radius 2 is 2.15 bits per heavy atom. The van der Waals surface area contributed by atoms with Gasteiger partial charge in [0.1, 0.15) is 5.75 Å². The lowest BCUT2D eigenvalue weighted by Crippen LogP contribution is -2.21. The third-order valence-electron chi connectivity index (χ3n) is 2.62. The zero-order valence-electron chi connectivity index (χ0n) is 11.0. The van der Waals surface area contributed by atoms with Crippen LogP contribution in [-0.4, -0.2) is 18.8 Å². The summed E-state index contributed by atoms with van der Waals surface area (Å²) in [4.78, 5) is 11.8. The molecule has 3 N–H and O–H groups in total. The fraction of sp³-hybridized carbons (Fsp3) is 0.462. The van der Waals surface area contributed by atoms with E-state index in [0.717, 1.165) is 6.07 Å². The molecule has 4 nitrogen and oxygen atoms in total. The molecule has 0 radical (unpaired) electrons. The molecule has 1 atom stereocenters. The van der Waals surface area contributed by atoms with E-state index in [1.54, 1.807) is 6.92 Å². The fourth-order valence-corrected chi connectivity index (χ4v) is 1.59. The minimum atomic E-state index is -4.75. The Morgan fingerprint density at radius 3 is 2.75 bits per heavy atom. The van der Waals surface area contributed by atoms with E-state index in [4.69, 9.17) is 5.73 Å². The quantitative estimate of drug-likeness (QED) is 0.846. The van der Waals surface area contributed by atoms with Gasteiger partial charge in [-0.3, -0.25) is 4.79 Å². The molecule has 0 heterocycles. The van der Waals surface area contributed by atoms with Crippen LogP contribution in [0.25, 0.3) is 0 Å². The van der Waals surface area contributed by atoms with Gasteiger partial charge in [0, 0.05) is 17.7 Å². The van der Waals surface area contributed by atoms with Crippen LogP contribution in [-0.2, 0) is 4.79 Å².